The molecular weight excluding hydrogens is 476 g/mol. The van der Waals surface area contributed by atoms with Gasteiger partial charge in [0.2, 0.25) is 0 Å². The number of hydrogen-bond donors (Lipinski definition) is 4. The van der Waals surface area contributed by atoms with Gasteiger partial charge in [-0.25, -0.2) is 18.7 Å². The van der Waals surface area contributed by atoms with E-state index in [1.165, 1.54) is 12.1 Å². The van der Waals surface area contributed by atoms with Crippen molar-refractivity contribution in [2.45, 2.75) is 18.6 Å². The average molecular weight is 504 g/mol. The van der Waals surface area contributed by atoms with E-state index in [1.807, 2.05) is 40.6 Å². The van der Waals surface area contributed by atoms with Crippen molar-refractivity contribution in [3.05, 3.63) is 60.2 Å². The van der Waals surface area contributed by atoms with Crippen molar-refractivity contribution in [1.82, 2.24) is 19.7 Å². The summed E-state index contributed by atoms with van der Waals surface area (Å²) in [7, 11) is 3.61. The van der Waals surface area contributed by atoms with Gasteiger partial charge in [-0.05, 0) is 37.7 Å². The molecule has 0 radical (unpaired) electrons. The van der Waals surface area contributed by atoms with Crippen LogP contribution in [0.5, 0.6) is 0 Å². The minimum atomic E-state index is -1.01. The lowest BCUT2D eigenvalue weighted by Gasteiger charge is -2.35. The molecule has 2 atom stereocenters. The first kappa shape index (κ1) is 24.4. The zero-order valence-electron chi connectivity index (χ0n) is 20.5. The third kappa shape index (κ3) is 4.41. The SMILES string of the molecule is CNc1ccc(-c2c(-c3ccc(C#N)c(F)c3)nc3c(N4C[C@@H](F)C[C@@H](NC)C4)nccn23)cc1NN. The maximum absolute atomic E-state index is 14.7. The molecule has 1 fully saturated rings. The summed E-state index contributed by atoms with van der Waals surface area (Å²) in [6.07, 6.45) is 2.84. The molecule has 0 spiro atoms. The number of benzene rings is 2. The molecule has 1 saturated heterocycles. The first-order valence-corrected chi connectivity index (χ1v) is 11.9. The third-order valence-corrected chi connectivity index (χ3v) is 6.71. The van der Waals surface area contributed by atoms with Crippen molar-refractivity contribution < 1.29 is 8.78 Å². The predicted octanol–water partition coefficient (Wildman–Crippen LogP) is 3.54. The highest BCUT2D eigenvalue weighted by atomic mass is 19.1. The summed E-state index contributed by atoms with van der Waals surface area (Å²) in [6.45, 7) is 0.775. The Morgan fingerprint density at radius 1 is 1.11 bits per heavy atom. The Hall–Kier alpha value is -4.27. The first-order valence-electron chi connectivity index (χ1n) is 11.9. The summed E-state index contributed by atoms with van der Waals surface area (Å²) < 4.78 is 31.2. The number of imidazole rings is 1. The van der Waals surface area contributed by atoms with Crippen LogP contribution in [0.3, 0.4) is 0 Å². The number of halogens is 2. The Morgan fingerprint density at radius 2 is 1.92 bits per heavy atom. The van der Waals surface area contributed by atoms with Crippen LogP contribution in [0.2, 0.25) is 0 Å². The number of piperidine rings is 1. The van der Waals surface area contributed by atoms with Crippen LogP contribution in [-0.4, -0.2) is 53.8 Å². The lowest BCUT2D eigenvalue weighted by molar-refractivity contribution is 0.254. The highest BCUT2D eigenvalue weighted by Gasteiger charge is 2.30. The number of nitrogens with one attached hydrogen (secondary N) is 3. The molecule has 190 valence electrons. The summed E-state index contributed by atoms with van der Waals surface area (Å²) in [4.78, 5) is 11.4. The largest absolute Gasteiger partial charge is 0.386 e. The zero-order valence-corrected chi connectivity index (χ0v) is 20.5. The van der Waals surface area contributed by atoms with Crippen molar-refractivity contribution in [1.29, 1.82) is 5.26 Å². The van der Waals surface area contributed by atoms with Crippen LogP contribution in [0, 0.1) is 17.1 Å². The van der Waals surface area contributed by atoms with E-state index in [-0.39, 0.29) is 18.2 Å². The van der Waals surface area contributed by atoms with Gasteiger partial charge < -0.3 is 21.0 Å². The highest BCUT2D eigenvalue weighted by Crippen LogP contribution is 2.38. The van der Waals surface area contributed by atoms with E-state index in [9.17, 15) is 14.0 Å². The van der Waals surface area contributed by atoms with Crippen molar-refractivity contribution in [2.24, 2.45) is 5.84 Å². The molecule has 3 heterocycles. The molecule has 0 amide bonds. The molecule has 37 heavy (non-hydrogen) atoms. The van der Waals surface area contributed by atoms with Gasteiger partial charge >= 0.3 is 0 Å². The molecule has 9 nitrogen and oxygen atoms in total. The number of nitrogens with two attached hydrogens (primary N) is 1. The lowest BCUT2D eigenvalue weighted by Crippen LogP contribution is -2.49. The standard InChI is InChI=1S/C26H27F2N9/c1-31-19-11-18(27)13-36(14-19)25-26-34-23(15-3-4-17(12-29)20(28)9-15)24(37(26)8-7-33-25)16-5-6-21(32-2)22(10-16)35-30/h3-10,18-19,31-32,35H,11,13-14,30H2,1-2H3/t18-,19+/m0/s1. The lowest BCUT2D eigenvalue weighted by atomic mass is 10.0. The highest BCUT2D eigenvalue weighted by molar-refractivity contribution is 5.87. The van der Waals surface area contributed by atoms with Crippen LogP contribution in [0.4, 0.5) is 26.0 Å². The summed E-state index contributed by atoms with van der Waals surface area (Å²) in [5.74, 6) is 5.68. The van der Waals surface area contributed by atoms with Gasteiger partial charge in [0.1, 0.15) is 18.1 Å². The van der Waals surface area contributed by atoms with Gasteiger partial charge in [0.25, 0.3) is 0 Å². The van der Waals surface area contributed by atoms with Gasteiger partial charge in [-0.3, -0.25) is 10.2 Å². The molecule has 5 rings (SSSR count). The molecule has 0 saturated carbocycles. The Kier molecular flexibility index (Phi) is 6.60. The maximum Gasteiger partial charge on any atom is 0.181 e. The van der Waals surface area contributed by atoms with E-state index in [4.69, 9.17) is 10.8 Å². The second-order valence-corrected chi connectivity index (χ2v) is 8.94. The van der Waals surface area contributed by atoms with E-state index in [0.29, 0.717) is 47.1 Å². The fourth-order valence-electron chi connectivity index (χ4n) is 4.87. The van der Waals surface area contributed by atoms with Crippen LogP contribution in [-0.2, 0) is 0 Å². The fourth-order valence-corrected chi connectivity index (χ4v) is 4.87. The Balaban J connectivity index is 1.75. The summed E-state index contributed by atoms with van der Waals surface area (Å²) in [6, 6.07) is 11.9. The van der Waals surface area contributed by atoms with E-state index in [0.717, 1.165) is 11.3 Å². The number of nitriles is 1. The zero-order chi connectivity index (χ0) is 26.1. The van der Waals surface area contributed by atoms with Gasteiger partial charge in [0, 0.05) is 43.2 Å². The number of aromatic nitrogens is 3. The number of alkyl halides is 1. The number of likely N-dealkylation sites (N-methyl/N-ethyl adjacent to an activating group) is 1. The number of hydrazine groups is 1. The first-order chi connectivity index (χ1) is 18.0. The van der Waals surface area contributed by atoms with Crippen LogP contribution < -0.4 is 26.8 Å². The number of hydrogen-bond acceptors (Lipinski definition) is 8. The molecule has 1 aliphatic heterocycles. The number of nitrogen functional groups attached to an aromatic ring is 1. The van der Waals surface area contributed by atoms with Crippen LogP contribution in [0.25, 0.3) is 28.2 Å². The van der Waals surface area contributed by atoms with Gasteiger partial charge in [-0.15, -0.1) is 0 Å². The van der Waals surface area contributed by atoms with E-state index < -0.39 is 12.0 Å². The monoisotopic (exact) mass is 503 g/mol. The molecular formula is C26H27F2N9. The Labute approximate surface area is 212 Å². The molecule has 0 unspecified atom stereocenters. The summed E-state index contributed by atoms with van der Waals surface area (Å²) in [5, 5.41) is 15.4. The molecule has 1 aliphatic rings. The Bertz CT molecular complexity index is 1490. The molecule has 5 N–H and O–H groups in total. The summed E-state index contributed by atoms with van der Waals surface area (Å²) in [5.41, 5.74) is 7.07. The topological polar surface area (TPSA) is 119 Å². The van der Waals surface area contributed by atoms with Gasteiger partial charge in [0.05, 0.1) is 34.9 Å². The van der Waals surface area contributed by atoms with Crippen LogP contribution in [0.1, 0.15) is 12.0 Å². The van der Waals surface area contributed by atoms with Crippen molar-refractivity contribution >= 4 is 22.8 Å². The van der Waals surface area contributed by atoms with E-state index in [2.05, 4.69) is 21.0 Å². The van der Waals surface area contributed by atoms with Crippen molar-refractivity contribution in [3.63, 3.8) is 0 Å². The maximum atomic E-state index is 14.7. The minimum Gasteiger partial charge on any atom is -0.386 e. The quantitative estimate of drug-likeness (QED) is 0.233. The number of fused-ring (bicyclic) bond motifs is 1. The molecule has 2 aromatic heterocycles. The number of nitrogens with zero attached hydrogens (tertiary/aromatic N) is 5. The second-order valence-electron chi connectivity index (χ2n) is 8.94. The number of anilines is 3. The summed E-state index contributed by atoms with van der Waals surface area (Å²) >= 11 is 0. The minimum absolute atomic E-state index is 0.0281. The van der Waals surface area contributed by atoms with Crippen LogP contribution >= 0.6 is 0 Å². The van der Waals surface area contributed by atoms with Crippen molar-refractivity contribution in [3.8, 4) is 28.6 Å². The second kappa shape index (κ2) is 10.0. The normalized spacial score (nSPS) is 17.6. The Morgan fingerprint density at radius 3 is 2.62 bits per heavy atom. The van der Waals surface area contributed by atoms with Crippen molar-refractivity contribution in [2.75, 3.05) is 42.8 Å². The van der Waals surface area contributed by atoms with E-state index >= 15 is 0 Å². The van der Waals surface area contributed by atoms with Gasteiger partial charge in [-0.1, -0.05) is 12.1 Å². The molecule has 0 aliphatic carbocycles. The third-order valence-electron chi connectivity index (χ3n) is 6.71. The smallest absolute Gasteiger partial charge is 0.181 e. The predicted molar refractivity (Wildman–Crippen MR) is 140 cm³/mol. The molecule has 4 aromatic rings. The molecule has 0 bridgehead atoms. The average Bonchev–Trinajstić information content (AvgIpc) is 3.32. The van der Waals surface area contributed by atoms with E-state index in [1.54, 1.807) is 25.5 Å². The van der Waals surface area contributed by atoms with Crippen LogP contribution in [0.15, 0.2) is 48.8 Å². The molecule has 2 aromatic carbocycles. The van der Waals surface area contributed by atoms with Gasteiger partial charge in [-0.2, -0.15) is 5.26 Å². The molecule has 11 heteroatoms. The van der Waals surface area contributed by atoms with Gasteiger partial charge in [0.15, 0.2) is 11.5 Å². The fraction of sp³-hybridized carbons (Fsp3) is 0.269. The number of rotatable bonds is 6.